The van der Waals surface area contributed by atoms with Gasteiger partial charge in [-0.3, -0.25) is 10.1 Å². The monoisotopic (exact) mass is 274 g/mol. The summed E-state index contributed by atoms with van der Waals surface area (Å²) >= 11 is 5.51. The molecule has 0 aromatic heterocycles. The molecule has 2 N–H and O–H groups in total. The molecule has 98 valence electrons. The molecule has 0 bridgehead atoms. The molecule has 0 spiro atoms. The Hall–Kier alpha value is -1.40. The van der Waals surface area contributed by atoms with Gasteiger partial charge in [0.2, 0.25) is 0 Å². The molecule has 2 rings (SSSR count). The van der Waals surface area contributed by atoms with Crippen LogP contribution in [0.5, 0.6) is 5.75 Å². The maximum Gasteiger partial charge on any atom is 0.312 e. The summed E-state index contributed by atoms with van der Waals surface area (Å²) in [5.41, 5.74) is 5.15. The predicted molar refractivity (Wildman–Crippen MR) is 64.3 cm³/mol. The Balaban J connectivity index is 2.16. The summed E-state index contributed by atoms with van der Waals surface area (Å²) in [6.45, 7) is 0.566. The molecular weight excluding hydrogens is 263 g/mol. The molecule has 0 radical (unpaired) electrons. The number of hydrogen-bond acceptors (Lipinski definition) is 4. The molecule has 1 fully saturated rings. The molecule has 18 heavy (non-hydrogen) atoms. The van der Waals surface area contributed by atoms with E-state index in [1.165, 1.54) is 0 Å². The molecule has 1 saturated carbocycles. The molecule has 1 aromatic rings. The minimum Gasteiger partial charge on any atom is -0.483 e. The molecule has 0 unspecified atom stereocenters. The average molecular weight is 275 g/mol. The number of halogens is 2. The molecular formula is C11H12ClFN2O3. The molecule has 0 heterocycles. The van der Waals surface area contributed by atoms with E-state index in [1.54, 1.807) is 0 Å². The van der Waals surface area contributed by atoms with Gasteiger partial charge in [-0.25, -0.2) is 4.39 Å². The fourth-order valence-electron chi connectivity index (χ4n) is 1.90. The largest absolute Gasteiger partial charge is 0.483 e. The first kappa shape index (κ1) is 13.0. The number of nitro groups is 1. The smallest absolute Gasteiger partial charge is 0.312 e. The van der Waals surface area contributed by atoms with E-state index in [-0.39, 0.29) is 22.6 Å². The second kappa shape index (κ2) is 5.07. The van der Waals surface area contributed by atoms with Crippen LogP contribution in [0.25, 0.3) is 0 Å². The maximum absolute atomic E-state index is 13.3. The molecule has 5 nitrogen and oxygen atoms in total. The highest BCUT2D eigenvalue weighted by atomic mass is 35.5. The van der Waals surface area contributed by atoms with E-state index in [0.29, 0.717) is 12.5 Å². The third-order valence-electron chi connectivity index (χ3n) is 3.02. The lowest BCUT2D eigenvalue weighted by atomic mass is 9.82. The van der Waals surface area contributed by atoms with Gasteiger partial charge in [-0.1, -0.05) is 11.6 Å². The van der Waals surface area contributed by atoms with Gasteiger partial charge in [0.25, 0.3) is 0 Å². The molecule has 0 amide bonds. The van der Waals surface area contributed by atoms with Crippen molar-refractivity contribution in [1.29, 1.82) is 0 Å². The van der Waals surface area contributed by atoms with Gasteiger partial charge in [0.1, 0.15) is 5.82 Å². The summed E-state index contributed by atoms with van der Waals surface area (Å²) in [7, 11) is 0. The second-order valence-electron chi connectivity index (χ2n) is 4.30. The van der Waals surface area contributed by atoms with Crippen LogP contribution in [0.1, 0.15) is 12.8 Å². The van der Waals surface area contributed by atoms with Crippen LogP contribution in [-0.4, -0.2) is 17.6 Å². The van der Waals surface area contributed by atoms with E-state index in [2.05, 4.69) is 0 Å². The maximum atomic E-state index is 13.3. The summed E-state index contributed by atoms with van der Waals surface area (Å²) in [6, 6.07) is 1.92. The highest BCUT2D eigenvalue weighted by Gasteiger charge is 2.32. The molecule has 0 saturated heterocycles. The number of nitro benzene ring substituents is 1. The van der Waals surface area contributed by atoms with Gasteiger partial charge >= 0.3 is 5.69 Å². The highest BCUT2D eigenvalue weighted by Crippen LogP contribution is 2.37. The van der Waals surface area contributed by atoms with Crippen LogP contribution >= 0.6 is 11.6 Å². The molecule has 1 aliphatic carbocycles. The van der Waals surface area contributed by atoms with Crippen molar-refractivity contribution in [2.45, 2.75) is 18.9 Å². The Morgan fingerprint density at radius 3 is 2.78 bits per heavy atom. The fraction of sp³-hybridized carbons (Fsp3) is 0.455. The van der Waals surface area contributed by atoms with Gasteiger partial charge in [-0.15, -0.1) is 0 Å². The van der Waals surface area contributed by atoms with Crippen molar-refractivity contribution in [3.05, 3.63) is 33.1 Å². The number of rotatable bonds is 4. The number of nitrogens with two attached hydrogens (primary N) is 1. The number of hydrogen-bond donors (Lipinski definition) is 1. The molecule has 1 aromatic carbocycles. The summed E-state index contributed by atoms with van der Waals surface area (Å²) in [6.07, 6.45) is 1.33. The van der Waals surface area contributed by atoms with E-state index < -0.39 is 10.7 Å². The van der Waals surface area contributed by atoms with Gasteiger partial charge in [0.15, 0.2) is 5.75 Å². The third-order valence-corrected chi connectivity index (χ3v) is 3.31. The standard InChI is InChI=1S/C11H12ClFN2O3/c12-8-3-10(15(16)17)11(4-9(8)13)18-7-1-6(2-7)5-14/h3-4,6-7H,1-2,5,14H2. The quantitative estimate of drug-likeness (QED) is 0.676. The van der Waals surface area contributed by atoms with Gasteiger partial charge in [0, 0.05) is 12.1 Å². The number of nitrogens with zero attached hydrogens (tertiary/aromatic N) is 1. The molecule has 0 aliphatic heterocycles. The van der Waals surface area contributed by atoms with Crippen LogP contribution in [0.4, 0.5) is 10.1 Å². The van der Waals surface area contributed by atoms with E-state index in [0.717, 1.165) is 25.0 Å². The van der Waals surface area contributed by atoms with Gasteiger partial charge < -0.3 is 10.5 Å². The van der Waals surface area contributed by atoms with Crippen molar-refractivity contribution in [3.8, 4) is 5.75 Å². The first-order chi connectivity index (χ1) is 8.51. The summed E-state index contributed by atoms with van der Waals surface area (Å²) in [5.74, 6) is -0.430. The Kier molecular flexibility index (Phi) is 3.68. The van der Waals surface area contributed by atoms with Crippen LogP contribution in [0.3, 0.4) is 0 Å². The Morgan fingerprint density at radius 1 is 1.56 bits per heavy atom. The summed E-state index contributed by atoms with van der Waals surface area (Å²) in [5, 5.41) is 10.5. The molecule has 7 heteroatoms. The van der Waals surface area contributed by atoms with E-state index in [4.69, 9.17) is 22.1 Å². The lowest BCUT2D eigenvalue weighted by molar-refractivity contribution is -0.386. The van der Waals surface area contributed by atoms with Crippen LogP contribution in [0.2, 0.25) is 5.02 Å². The van der Waals surface area contributed by atoms with Crippen molar-refractivity contribution in [2.75, 3.05) is 6.54 Å². The average Bonchev–Trinajstić information content (AvgIpc) is 2.26. The van der Waals surface area contributed by atoms with E-state index in [1.807, 2.05) is 0 Å². The summed E-state index contributed by atoms with van der Waals surface area (Å²) in [4.78, 5) is 10.2. The molecule has 0 atom stereocenters. The first-order valence-corrected chi connectivity index (χ1v) is 5.89. The SMILES string of the molecule is NCC1CC(Oc2cc(F)c(Cl)cc2[N+](=O)[O-])C1. The topological polar surface area (TPSA) is 78.4 Å². The predicted octanol–water partition coefficient (Wildman–Crippen LogP) is 2.50. The lowest BCUT2D eigenvalue weighted by Gasteiger charge is -2.34. The lowest BCUT2D eigenvalue weighted by Crippen LogP contribution is -2.37. The Morgan fingerprint density at radius 2 is 2.22 bits per heavy atom. The van der Waals surface area contributed by atoms with Crippen molar-refractivity contribution in [1.82, 2.24) is 0 Å². The van der Waals surface area contributed by atoms with Crippen LogP contribution in [0, 0.1) is 21.8 Å². The van der Waals surface area contributed by atoms with Crippen LogP contribution in [0.15, 0.2) is 12.1 Å². The van der Waals surface area contributed by atoms with E-state index >= 15 is 0 Å². The third kappa shape index (κ3) is 2.54. The second-order valence-corrected chi connectivity index (χ2v) is 4.71. The number of ether oxygens (including phenoxy) is 1. The van der Waals surface area contributed by atoms with Crippen molar-refractivity contribution in [2.24, 2.45) is 11.7 Å². The fourth-order valence-corrected chi connectivity index (χ4v) is 2.06. The van der Waals surface area contributed by atoms with Crippen molar-refractivity contribution >= 4 is 17.3 Å². The van der Waals surface area contributed by atoms with Crippen molar-refractivity contribution in [3.63, 3.8) is 0 Å². The summed E-state index contributed by atoms with van der Waals surface area (Å²) < 4.78 is 18.7. The zero-order valence-electron chi connectivity index (χ0n) is 9.44. The van der Waals surface area contributed by atoms with Crippen LogP contribution < -0.4 is 10.5 Å². The van der Waals surface area contributed by atoms with Crippen molar-refractivity contribution < 1.29 is 14.1 Å². The van der Waals surface area contributed by atoms with Crippen LogP contribution in [-0.2, 0) is 0 Å². The van der Waals surface area contributed by atoms with Gasteiger partial charge in [-0.05, 0) is 25.3 Å². The van der Waals surface area contributed by atoms with Gasteiger partial charge in [0.05, 0.1) is 16.0 Å². The minimum atomic E-state index is -0.730. The number of benzene rings is 1. The normalized spacial score (nSPS) is 22.4. The Bertz CT molecular complexity index is 478. The zero-order valence-corrected chi connectivity index (χ0v) is 10.2. The molecule has 1 aliphatic rings. The highest BCUT2D eigenvalue weighted by molar-refractivity contribution is 6.31. The first-order valence-electron chi connectivity index (χ1n) is 5.51. The van der Waals surface area contributed by atoms with Gasteiger partial charge in [-0.2, -0.15) is 0 Å². The Labute approximate surface area is 108 Å². The minimum absolute atomic E-state index is 0.0811. The zero-order chi connectivity index (χ0) is 13.3. The van der Waals surface area contributed by atoms with E-state index in [9.17, 15) is 14.5 Å².